The molecule has 3 aromatic rings. The summed E-state index contributed by atoms with van der Waals surface area (Å²) in [4.78, 5) is 49.9. The molecule has 188 valence electrons. The van der Waals surface area contributed by atoms with Gasteiger partial charge in [-0.3, -0.25) is 19.3 Å². The summed E-state index contributed by atoms with van der Waals surface area (Å²) in [6.07, 6.45) is 1.99. The molecule has 3 heterocycles. The summed E-state index contributed by atoms with van der Waals surface area (Å²) >= 11 is 1.32. The SMILES string of the molecule is COc1ccc(-c2ccccc2-c2csc(N3CCCC(=O)N(C(C)C)C(CC(=O)O)C3=O)n2)cn1. The van der Waals surface area contributed by atoms with Crippen LogP contribution in [0, 0.1) is 0 Å². The largest absolute Gasteiger partial charge is 0.481 e. The Kier molecular flexibility index (Phi) is 7.64. The van der Waals surface area contributed by atoms with Crippen molar-refractivity contribution in [2.75, 3.05) is 18.6 Å². The van der Waals surface area contributed by atoms with E-state index < -0.39 is 24.3 Å². The molecule has 0 spiro atoms. The van der Waals surface area contributed by atoms with Crippen molar-refractivity contribution in [3.8, 4) is 28.3 Å². The standard InChI is InChI=1S/C26H28N4O5S/c1-16(2)30-21(13-24(32)33)25(34)29(12-6-9-23(30)31)26-28-20(15-36-26)19-8-5-4-7-18(19)17-10-11-22(35-3)27-14-17/h4-5,7-8,10-11,14-16,21H,6,9,12-13H2,1-3H3,(H,32,33). The van der Waals surface area contributed by atoms with Crippen molar-refractivity contribution in [1.82, 2.24) is 14.9 Å². The molecule has 0 radical (unpaired) electrons. The van der Waals surface area contributed by atoms with Gasteiger partial charge < -0.3 is 14.7 Å². The van der Waals surface area contributed by atoms with Crippen LogP contribution in [-0.4, -0.2) is 63.5 Å². The summed E-state index contributed by atoms with van der Waals surface area (Å²) in [6.45, 7) is 3.88. The number of benzene rings is 1. The van der Waals surface area contributed by atoms with Gasteiger partial charge in [0.15, 0.2) is 5.13 Å². The summed E-state index contributed by atoms with van der Waals surface area (Å²) in [7, 11) is 1.57. The summed E-state index contributed by atoms with van der Waals surface area (Å²) < 4.78 is 5.16. The molecule has 0 saturated carbocycles. The fraction of sp³-hybridized carbons (Fsp3) is 0.346. The first-order chi connectivity index (χ1) is 17.3. The highest BCUT2D eigenvalue weighted by atomic mass is 32.1. The van der Waals surface area contributed by atoms with E-state index in [-0.39, 0.29) is 18.4 Å². The lowest BCUT2D eigenvalue weighted by molar-refractivity contribution is -0.148. The van der Waals surface area contributed by atoms with Crippen molar-refractivity contribution in [2.24, 2.45) is 0 Å². The normalized spacial score (nSPS) is 16.7. The van der Waals surface area contributed by atoms with Crippen LogP contribution in [0.3, 0.4) is 0 Å². The van der Waals surface area contributed by atoms with E-state index in [0.29, 0.717) is 29.7 Å². The van der Waals surface area contributed by atoms with Crippen molar-refractivity contribution in [3.05, 3.63) is 48.0 Å². The molecule has 4 rings (SSSR count). The Morgan fingerprint density at radius 1 is 1.19 bits per heavy atom. The van der Waals surface area contributed by atoms with Crippen LogP contribution in [0.5, 0.6) is 5.88 Å². The molecule has 36 heavy (non-hydrogen) atoms. The van der Waals surface area contributed by atoms with Crippen LogP contribution in [0.25, 0.3) is 22.4 Å². The van der Waals surface area contributed by atoms with Crippen molar-refractivity contribution >= 4 is 34.3 Å². The Morgan fingerprint density at radius 2 is 1.94 bits per heavy atom. The maximum absolute atomic E-state index is 13.6. The Labute approximate surface area is 213 Å². The maximum Gasteiger partial charge on any atom is 0.305 e. The van der Waals surface area contributed by atoms with Crippen molar-refractivity contribution in [1.29, 1.82) is 0 Å². The minimum Gasteiger partial charge on any atom is -0.481 e. The molecule has 0 bridgehead atoms. The van der Waals surface area contributed by atoms with Gasteiger partial charge in [-0.15, -0.1) is 11.3 Å². The lowest BCUT2D eigenvalue weighted by atomic mass is 9.99. The molecule has 2 aromatic heterocycles. The predicted molar refractivity (Wildman–Crippen MR) is 137 cm³/mol. The number of methoxy groups -OCH3 is 1. The average molecular weight is 509 g/mol. The number of thiazole rings is 1. The second-order valence-corrected chi connectivity index (χ2v) is 9.59. The van der Waals surface area contributed by atoms with Crippen LogP contribution < -0.4 is 9.64 Å². The number of carboxylic acid groups (broad SMARTS) is 1. The molecule has 1 fully saturated rings. The topological polar surface area (TPSA) is 113 Å². The van der Waals surface area contributed by atoms with Crippen LogP contribution >= 0.6 is 11.3 Å². The van der Waals surface area contributed by atoms with Crippen molar-refractivity contribution in [3.63, 3.8) is 0 Å². The number of hydrogen-bond donors (Lipinski definition) is 1. The molecule has 2 amide bonds. The number of aliphatic carboxylic acids is 1. The van der Waals surface area contributed by atoms with Gasteiger partial charge in [0.2, 0.25) is 11.8 Å². The molecule has 1 aromatic carbocycles. The summed E-state index contributed by atoms with van der Waals surface area (Å²) in [5.41, 5.74) is 3.41. The van der Waals surface area contributed by atoms with Crippen LogP contribution in [0.4, 0.5) is 5.13 Å². The number of carbonyl (C=O) groups excluding carboxylic acids is 2. The van der Waals surface area contributed by atoms with Gasteiger partial charge in [-0.05, 0) is 31.9 Å². The number of carbonyl (C=O) groups is 3. The highest BCUT2D eigenvalue weighted by Gasteiger charge is 2.38. The number of pyridine rings is 1. The third-order valence-corrected chi connectivity index (χ3v) is 6.92. The summed E-state index contributed by atoms with van der Waals surface area (Å²) in [6, 6.07) is 10.1. The molecule has 1 aliphatic heterocycles. The minimum absolute atomic E-state index is 0.203. The molecule has 0 aliphatic carbocycles. The number of carboxylic acids is 1. The third kappa shape index (κ3) is 5.23. The number of aromatic nitrogens is 2. The lowest BCUT2D eigenvalue weighted by Crippen LogP contribution is -2.56. The average Bonchev–Trinajstić information content (AvgIpc) is 3.34. The quantitative estimate of drug-likeness (QED) is 0.511. The van der Waals surface area contributed by atoms with E-state index in [9.17, 15) is 19.5 Å². The van der Waals surface area contributed by atoms with E-state index in [1.54, 1.807) is 33.2 Å². The molecular weight excluding hydrogens is 480 g/mol. The van der Waals surface area contributed by atoms with Gasteiger partial charge in [-0.1, -0.05) is 24.3 Å². The fourth-order valence-electron chi connectivity index (χ4n) is 4.42. The molecule has 1 aliphatic rings. The minimum atomic E-state index is -1.13. The molecule has 1 N–H and O–H groups in total. The monoisotopic (exact) mass is 508 g/mol. The van der Waals surface area contributed by atoms with Crippen molar-refractivity contribution < 1.29 is 24.2 Å². The van der Waals surface area contributed by atoms with Crippen LogP contribution in [-0.2, 0) is 14.4 Å². The van der Waals surface area contributed by atoms with Crippen LogP contribution in [0.1, 0.15) is 33.1 Å². The highest BCUT2D eigenvalue weighted by Crippen LogP contribution is 2.35. The number of anilines is 1. The van der Waals surface area contributed by atoms with Gasteiger partial charge >= 0.3 is 5.97 Å². The number of hydrogen-bond acceptors (Lipinski definition) is 7. The van der Waals surface area contributed by atoms with Crippen LogP contribution in [0.15, 0.2) is 48.0 Å². The first-order valence-corrected chi connectivity index (χ1v) is 12.6. The molecule has 1 atom stereocenters. The highest BCUT2D eigenvalue weighted by molar-refractivity contribution is 7.14. The predicted octanol–water partition coefficient (Wildman–Crippen LogP) is 4.09. The van der Waals surface area contributed by atoms with E-state index in [0.717, 1.165) is 16.7 Å². The summed E-state index contributed by atoms with van der Waals surface area (Å²) in [5.74, 6) is -1.24. The first-order valence-electron chi connectivity index (χ1n) is 11.7. The molecular formula is C26H28N4O5S. The Morgan fingerprint density at radius 3 is 2.58 bits per heavy atom. The summed E-state index contributed by atoms with van der Waals surface area (Å²) in [5, 5.41) is 11.8. The fourth-order valence-corrected chi connectivity index (χ4v) is 5.28. The number of nitrogens with zero attached hydrogens (tertiary/aromatic N) is 4. The van der Waals surface area contributed by atoms with E-state index in [1.165, 1.54) is 21.1 Å². The van der Waals surface area contributed by atoms with Crippen LogP contribution in [0.2, 0.25) is 0 Å². The zero-order chi connectivity index (χ0) is 25.8. The molecule has 1 unspecified atom stereocenters. The number of rotatable bonds is 7. The van der Waals surface area contributed by atoms with Gasteiger partial charge in [0, 0.05) is 47.8 Å². The smallest absolute Gasteiger partial charge is 0.305 e. The van der Waals surface area contributed by atoms with Gasteiger partial charge in [-0.25, -0.2) is 9.97 Å². The van der Waals surface area contributed by atoms with E-state index in [2.05, 4.69) is 4.98 Å². The number of ether oxygens (including phenoxy) is 1. The second-order valence-electron chi connectivity index (χ2n) is 8.75. The lowest BCUT2D eigenvalue weighted by Gasteiger charge is -2.38. The van der Waals surface area contributed by atoms with E-state index >= 15 is 0 Å². The Hall–Kier alpha value is -3.79. The van der Waals surface area contributed by atoms with Gasteiger partial charge in [0.05, 0.1) is 19.2 Å². The first kappa shape index (κ1) is 25.3. The molecule has 9 nitrogen and oxygen atoms in total. The van der Waals surface area contributed by atoms with E-state index in [1.807, 2.05) is 35.7 Å². The zero-order valence-electron chi connectivity index (χ0n) is 20.4. The maximum atomic E-state index is 13.6. The van der Waals surface area contributed by atoms with Gasteiger partial charge in [0.25, 0.3) is 5.91 Å². The van der Waals surface area contributed by atoms with Gasteiger partial charge in [-0.2, -0.15) is 0 Å². The zero-order valence-corrected chi connectivity index (χ0v) is 21.2. The van der Waals surface area contributed by atoms with Gasteiger partial charge in [0.1, 0.15) is 6.04 Å². The Balaban J connectivity index is 1.69. The second kappa shape index (κ2) is 10.9. The van der Waals surface area contributed by atoms with E-state index in [4.69, 9.17) is 9.72 Å². The van der Waals surface area contributed by atoms with Crippen molar-refractivity contribution in [2.45, 2.75) is 45.2 Å². The molecule has 10 heteroatoms. The molecule has 1 saturated heterocycles. The number of amides is 2. The Bertz CT molecular complexity index is 1260. The third-order valence-electron chi connectivity index (χ3n) is 6.05.